The Hall–Kier alpha value is -1.88. The van der Waals surface area contributed by atoms with Crippen LogP contribution in [0.5, 0.6) is 0 Å². The predicted molar refractivity (Wildman–Crippen MR) is 126 cm³/mol. The van der Waals surface area contributed by atoms with E-state index in [0.717, 1.165) is 60.9 Å². The summed E-state index contributed by atoms with van der Waals surface area (Å²) < 4.78 is 8.45. The molecule has 0 aliphatic carbocycles. The van der Waals surface area contributed by atoms with Crippen LogP contribution < -0.4 is 10.2 Å². The van der Waals surface area contributed by atoms with Gasteiger partial charge in [-0.2, -0.15) is 0 Å². The van der Waals surface area contributed by atoms with E-state index in [4.69, 9.17) is 8.67 Å². The minimum atomic E-state index is -0.607. The topological polar surface area (TPSA) is 114 Å². The van der Waals surface area contributed by atoms with Crippen LogP contribution in [0.15, 0.2) is 18.2 Å². The van der Waals surface area contributed by atoms with E-state index < -0.39 is 33.0 Å². The van der Waals surface area contributed by atoms with Crippen LogP contribution in [0.3, 0.4) is 0 Å². The maximum absolute atomic E-state index is 13.1. The number of carbonyl (C=O) groups is 3. The maximum atomic E-state index is 13.1. The molecule has 1 aromatic rings. The Morgan fingerprint density at radius 3 is 2.61 bits per heavy atom. The van der Waals surface area contributed by atoms with Crippen molar-refractivity contribution in [2.24, 2.45) is 0 Å². The van der Waals surface area contributed by atoms with Crippen LogP contribution in [0, 0.1) is 3.56 Å². The molecule has 0 bridgehead atoms. The third-order valence-corrected chi connectivity index (χ3v) is 7.19. The Bertz CT molecular complexity index is 832. The molecule has 2 heterocycles. The second-order valence-electron chi connectivity index (χ2n) is 8.00. The molecule has 0 aromatic heterocycles. The number of piperidine rings is 1. The highest BCUT2D eigenvalue weighted by Gasteiger charge is 2.40. The lowest BCUT2D eigenvalue weighted by Gasteiger charge is -2.30. The SMILES string of the molecule is N=ICCCCN(CCCCCO)c1cccc2c1CN(C1CCC(=O)NC1=O)C2=O. The number of rotatable bonds is 12. The van der Waals surface area contributed by atoms with Gasteiger partial charge in [0.1, 0.15) is 6.04 Å². The molecule has 1 unspecified atom stereocenters. The summed E-state index contributed by atoms with van der Waals surface area (Å²) in [5.41, 5.74) is 2.62. The first-order valence-electron chi connectivity index (χ1n) is 10.9. The molecule has 8 nitrogen and oxygen atoms in total. The highest BCUT2D eigenvalue weighted by molar-refractivity contribution is 14.1. The van der Waals surface area contributed by atoms with E-state index in [9.17, 15) is 14.4 Å². The molecule has 1 fully saturated rings. The number of unbranched alkanes of at least 4 members (excludes halogenated alkanes) is 3. The maximum Gasteiger partial charge on any atom is 0.255 e. The largest absolute Gasteiger partial charge is 0.396 e. The molecule has 9 heteroatoms. The monoisotopic (exact) mass is 542 g/mol. The van der Waals surface area contributed by atoms with E-state index in [0.29, 0.717) is 18.5 Å². The standard InChI is InChI=1S/C22H31IN4O4/c24-23-11-2-4-13-26(12-3-1-5-14-28)18-8-6-7-16-17(18)15-27(22(16)31)19-9-10-20(29)25-21(19)30/h6-8,19,24,28H,1-5,9-15H2,(H,25,29,30). The zero-order valence-electron chi connectivity index (χ0n) is 17.7. The van der Waals surface area contributed by atoms with Crippen molar-refractivity contribution in [2.75, 3.05) is 29.0 Å². The van der Waals surface area contributed by atoms with Crippen LogP contribution >= 0.6 is 21.0 Å². The van der Waals surface area contributed by atoms with Gasteiger partial charge in [-0.25, -0.2) is 0 Å². The molecular formula is C22H31IN4O4. The number of alkyl halides is 1. The van der Waals surface area contributed by atoms with Gasteiger partial charge in [-0.1, -0.05) is 6.07 Å². The molecule has 3 rings (SSSR count). The number of nitrogens with zero attached hydrogens (tertiary/aromatic N) is 2. The van der Waals surface area contributed by atoms with Crippen molar-refractivity contribution in [2.45, 2.75) is 57.5 Å². The van der Waals surface area contributed by atoms with Gasteiger partial charge in [0.15, 0.2) is 0 Å². The Balaban J connectivity index is 1.78. The number of aliphatic hydroxyl groups is 1. The lowest BCUT2D eigenvalue weighted by Crippen LogP contribution is -2.52. The number of aliphatic hydroxyl groups excluding tert-OH is 1. The second kappa shape index (κ2) is 11.7. The molecule has 2 aliphatic heterocycles. The highest BCUT2D eigenvalue weighted by atomic mass is 127. The Morgan fingerprint density at radius 2 is 1.90 bits per heavy atom. The molecule has 0 spiro atoms. The normalized spacial score (nSPS) is 18.3. The lowest BCUT2D eigenvalue weighted by molar-refractivity contribution is -0.136. The Morgan fingerprint density at radius 1 is 1.13 bits per heavy atom. The summed E-state index contributed by atoms with van der Waals surface area (Å²) in [7, 11) is 0. The predicted octanol–water partition coefficient (Wildman–Crippen LogP) is 2.93. The van der Waals surface area contributed by atoms with E-state index in [-0.39, 0.29) is 24.8 Å². The number of anilines is 1. The first-order chi connectivity index (χ1) is 15.1. The smallest absolute Gasteiger partial charge is 0.255 e. The summed E-state index contributed by atoms with van der Waals surface area (Å²) in [6.07, 6.45) is 5.35. The summed E-state index contributed by atoms with van der Waals surface area (Å²) in [5, 5.41) is 11.4. The summed E-state index contributed by atoms with van der Waals surface area (Å²) in [6, 6.07) is 5.16. The zero-order chi connectivity index (χ0) is 22.2. The van der Waals surface area contributed by atoms with E-state index in [1.165, 1.54) is 0 Å². The first-order valence-corrected chi connectivity index (χ1v) is 13.5. The second-order valence-corrected chi connectivity index (χ2v) is 9.85. The van der Waals surface area contributed by atoms with Crippen molar-refractivity contribution in [3.05, 3.63) is 29.3 Å². The number of hydrogen-bond acceptors (Lipinski definition) is 6. The summed E-state index contributed by atoms with van der Waals surface area (Å²) in [5.74, 6) is -0.820. The summed E-state index contributed by atoms with van der Waals surface area (Å²) in [4.78, 5) is 40.9. The number of carbonyl (C=O) groups excluding carboxylic acids is 3. The van der Waals surface area contributed by atoms with E-state index in [1.807, 2.05) is 18.2 Å². The van der Waals surface area contributed by atoms with Crippen LogP contribution in [0.4, 0.5) is 5.69 Å². The molecule has 31 heavy (non-hydrogen) atoms. The van der Waals surface area contributed by atoms with Crippen molar-refractivity contribution in [3.63, 3.8) is 0 Å². The van der Waals surface area contributed by atoms with Crippen molar-refractivity contribution in [1.82, 2.24) is 10.2 Å². The summed E-state index contributed by atoms with van der Waals surface area (Å²) >= 11 is -0.439. The third kappa shape index (κ3) is 5.88. The fraction of sp³-hybridized carbons (Fsp3) is 0.591. The number of imide groups is 1. The molecule has 1 saturated heterocycles. The molecule has 2 aliphatic rings. The van der Waals surface area contributed by atoms with E-state index in [1.54, 1.807) is 4.90 Å². The molecule has 0 radical (unpaired) electrons. The van der Waals surface area contributed by atoms with Crippen LogP contribution in [0.2, 0.25) is 0 Å². The van der Waals surface area contributed by atoms with Gasteiger partial charge in [0.25, 0.3) is 5.91 Å². The van der Waals surface area contributed by atoms with Gasteiger partial charge in [0, 0.05) is 53.9 Å². The number of nitrogens with one attached hydrogen (secondary N) is 2. The molecule has 1 aromatic carbocycles. The number of hydrogen-bond donors (Lipinski definition) is 3. The average molecular weight is 542 g/mol. The quantitative estimate of drug-likeness (QED) is 0.163. The molecule has 0 saturated carbocycles. The Labute approximate surface area is 193 Å². The van der Waals surface area contributed by atoms with Gasteiger partial charge in [-0.05, 0) is 71.7 Å². The van der Waals surface area contributed by atoms with Gasteiger partial charge in [-0.3, -0.25) is 23.3 Å². The van der Waals surface area contributed by atoms with Crippen LogP contribution in [0.1, 0.15) is 60.9 Å². The molecule has 170 valence electrons. The van der Waals surface area contributed by atoms with Crippen molar-refractivity contribution < 1.29 is 19.5 Å². The van der Waals surface area contributed by atoms with Gasteiger partial charge >= 0.3 is 0 Å². The van der Waals surface area contributed by atoms with Crippen molar-refractivity contribution >= 4 is 44.4 Å². The minimum Gasteiger partial charge on any atom is -0.396 e. The highest BCUT2D eigenvalue weighted by Crippen LogP contribution is 2.34. The lowest BCUT2D eigenvalue weighted by atomic mass is 10.0. The summed E-state index contributed by atoms with van der Waals surface area (Å²) in [6.45, 7) is 2.29. The van der Waals surface area contributed by atoms with Gasteiger partial charge in [0.05, 0.1) is 0 Å². The number of fused-ring (bicyclic) bond motifs is 1. The van der Waals surface area contributed by atoms with Crippen molar-refractivity contribution in [3.8, 4) is 0 Å². The fourth-order valence-corrected chi connectivity index (χ4v) is 5.19. The van der Waals surface area contributed by atoms with E-state index in [2.05, 4.69) is 10.2 Å². The molecule has 3 amide bonds. The van der Waals surface area contributed by atoms with Crippen LogP contribution in [-0.2, 0) is 16.1 Å². The van der Waals surface area contributed by atoms with Crippen LogP contribution in [0.25, 0.3) is 0 Å². The first kappa shape index (κ1) is 23.8. The van der Waals surface area contributed by atoms with Gasteiger partial charge in [0.2, 0.25) is 11.8 Å². The van der Waals surface area contributed by atoms with E-state index >= 15 is 0 Å². The number of amides is 3. The molecule has 1 atom stereocenters. The van der Waals surface area contributed by atoms with Crippen molar-refractivity contribution in [1.29, 1.82) is 3.56 Å². The fourth-order valence-electron chi connectivity index (χ4n) is 4.27. The zero-order valence-corrected chi connectivity index (χ0v) is 19.9. The minimum absolute atomic E-state index is 0.148. The Kier molecular flexibility index (Phi) is 8.94. The van der Waals surface area contributed by atoms with Gasteiger partial charge in [-0.15, -0.1) is 0 Å². The number of halogens is 1. The van der Waals surface area contributed by atoms with Crippen LogP contribution in [-0.4, -0.2) is 57.9 Å². The molecule has 3 N–H and O–H groups in total. The molecular weight excluding hydrogens is 511 g/mol. The average Bonchev–Trinajstić information content (AvgIpc) is 3.09. The van der Waals surface area contributed by atoms with Gasteiger partial charge < -0.3 is 14.9 Å². The number of benzene rings is 1. The third-order valence-electron chi connectivity index (χ3n) is 5.89.